The van der Waals surface area contributed by atoms with Crippen LogP contribution in [0.15, 0.2) is 0 Å². The van der Waals surface area contributed by atoms with Crippen LogP contribution in [0.3, 0.4) is 0 Å². The zero-order chi connectivity index (χ0) is 8.91. The normalized spacial score (nSPS) is 12.5. The average Bonchev–Trinajstić information content (AvgIpc) is 1.85. The van der Waals surface area contributed by atoms with E-state index in [2.05, 4.69) is 64.3 Å². The summed E-state index contributed by atoms with van der Waals surface area (Å²) in [6.07, 6.45) is 2.41. The highest BCUT2D eigenvalue weighted by molar-refractivity contribution is 9.71. The molecule has 68 valence electrons. The van der Waals surface area contributed by atoms with Gasteiger partial charge in [0.15, 0.2) is 0 Å². The molecule has 0 radical (unpaired) electrons. The molecule has 0 rings (SSSR count). The van der Waals surface area contributed by atoms with E-state index in [0.29, 0.717) is 0 Å². The van der Waals surface area contributed by atoms with Crippen LogP contribution in [0, 0.1) is 0 Å². The molecule has 0 bridgehead atoms. The van der Waals surface area contributed by atoms with Gasteiger partial charge < -0.3 is 0 Å². The van der Waals surface area contributed by atoms with Crippen molar-refractivity contribution in [2.24, 2.45) is 0 Å². The molecular formula is C6H14Br3NSi. The smallest absolute Gasteiger partial charge is 0.298 e. The SMILES string of the molecule is CCCN(CCC)[Si](Br)(Br)Br. The predicted octanol–water partition coefficient (Wildman–Crippen LogP) is 3.73. The van der Waals surface area contributed by atoms with Crippen LogP contribution in [0.1, 0.15) is 26.7 Å². The molecule has 0 aromatic rings. The van der Waals surface area contributed by atoms with Crippen molar-refractivity contribution in [1.29, 1.82) is 0 Å². The van der Waals surface area contributed by atoms with E-state index in [9.17, 15) is 0 Å². The summed E-state index contributed by atoms with van der Waals surface area (Å²) in [4.78, 5) is 0. The number of halogens is 3. The second kappa shape index (κ2) is 6.13. The largest absolute Gasteiger partial charge is 0.344 e. The maximum Gasteiger partial charge on any atom is 0.344 e. The van der Waals surface area contributed by atoms with Gasteiger partial charge in [-0.2, -0.15) is 0 Å². The minimum atomic E-state index is -1.56. The summed E-state index contributed by atoms with van der Waals surface area (Å²) >= 11 is 10.9. The van der Waals surface area contributed by atoms with E-state index in [1.54, 1.807) is 0 Å². The van der Waals surface area contributed by atoms with E-state index < -0.39 is 4.09 Å². The van der Waals surface area contributed by atoms with Crippen LogP contribution >= 0.6 is 45.9 Å². The van der Waals surface area contributed by atoms with E-state index in [1.807, 2.05) is 0 Å². The Balaban J connectivity index is 3.88. The van der Waals surface area contributed by atoms with E-state index in [-0.39, 0.29) is 0 Å². The molecule has 11 heavy (non-hydrogen) atoms. The van der Waals surface area contributed by atoms with Crippen molar-refractivity contribution in [2.75, 3.05) is 13.1 Å². The number of hydrogen-bond donors (Lipinski definition) is 0. The molecule has 0 saturated carbocycles. The summed E-state index contributed by atoms with van der Waals surface area (Å²) < 4.78 is 0.880. The van der Waals surface area contributed by atoms with Crippen LogP contribution in [0.5, 0.6) is 0 Å². The maximum absolute atomic E-state index is 3.65. The molecule has 0 heterocycles. The molecule has 5 heteroatoms. The molecule has 0 unspecified atom stereocenters. The third-order valence-corrected chi connectivity index (χ3v) is 7.02. The van der Waals surface area contributed by atoms with Gasteiger partial charge in [0.2, 0.25) is 0 Å². The van der Waals surface area contributed by atoms with Crippen LogP contribution in [-0.2, 0) is 0 Å². The van der Waals surface area contributed by atoms with E-state index in [0.717, 1.165) is 13.1 Å². The number of hydrogen-bond acceptors (Lipinski definition) is 1. The lowest BCUT2D eigenvalue weighted by molar-refractivity contribution is 0.444. The Morgan fingerprint density at radius 3 is 1.55 bits per heavy atom. The molecule has 0 aliphatic carbocycles. The van der Waals surface area contributed by atoms with Crippen LogP contribution in [0.2, 0.25) is 0 Å². The Hall–Kier alpha value is 1.62. The Morgan fingerprint density at radius 2 is 1.36 bits per heavy atom. The van der Waals surface area contributed by atoms with E-state index in [4.69, 9.17) is 0 Å². The first kappa shape index (κ1) is 12.6. The number of rotatable bonds is 5. The third-order valence-electron chi connectivity index (χ3n) is 1.35. The molecule has 0 aromatic heterocycles. The van der Waals surface area contributed by atoms with Gasteiger partial charge in [-0.3, -0.25) is 4.57 Å². The molecule has 0 fully saturated rings. The van der Waals surface area contributed by atoms with Crippen LogP contribution in [0.25, 0.3) is 0 Å². The lowest BCUT2D eigenvalue weighted by Crippen LogP contribution is -2.39. The highest BCUT2D eigenvalue weighted by Crippen LogP contribution is 2.31. The zero-order valence-electron chi connectivity index (χ0n) is 6.91. The standard InChI is InChI=1S/C6H14Br3NSi/c1-3-5-10(6-4-2)11(7,8)9/h3-6H2,1-2H3. The van der Waals surface area contributed by atoms with Gasteiger partial charge in [0.25, 0.3) is 0 Å². The number of nitrogens with zero attached hydrogens (tertiary/aromatic N) is 1. The summed E-state index contributed by atoms with van der Waals surface area (Å²) in [5, 5.41) is 0. The van der Waals surface area contributed by atoms with Crippen molar-refractivity contribution >= 4 is 50.0 Å². The van der Waals surface area contributed by atoms with Crippen LogP contribution < -0.4 is 0 Å². The van der Waals surface area contributed by atoms with Gasteiger partial charge in [0.05, 0.1) is 0 Å². The van der Waals surface area contributed by atoms with E-state index >= 15 is 0 Å². The van der Waals surface area contributed by atoms with Crippen molar-refractivity contribution in [1.82, 2.24) is 4.57 Å². The van der Waals surface area contributed by atoms with Gasteiger partial charge in [0.1, 0.15) is 0 Å². The lowest BCUT2D eigenvalue weighted by atomic mass is 10.4. The summed E-state index contributed by atoms with van der Waals surface area (Å²) in [7, 11) is 0. The first-order chi connectivity index (χ1) is 5.02. The van der Waals surface area contributed by atoms with Gasteiger partial charge in [-0.15, -0.1) is 0 Å². The molecule has 0 aromatic carbocycles. The summed E-state index contributed by atoms with van der Waals surface area (Å²) in [5.41, 5.74) is 0. The molecule has 0 atom stereocenters. The lowest BCUT2D eigenvalue weighted by Gasteiger charge is -2.27. The molecule has 1 nitrogen and oxygen atoms in total. The molecule has 0 N–H and O–H groups in total. The molecule has 0 aliphatic rings. The Morgan fingerprint density at radius 1 is 1.00 bits per heavy atom. The zero-order valence-corrected chi connectivity index (χ0v) is 12.7. The highest BCUT2D eigenvalue weighted by atomic mass is 80.0. The summed E-state index contributed by atoms with van der Waals surface area (Å²) in [5.74, 6) is 0. The second-order valence-corrected chi connectivity index (χ2v) is 23.9. The molecular weight excluding hydrogens is 354 g/mol. The molecule has 0 spiro atoms. The minimum Gasteiger partial charge on any atom is -0.298 e. The quantitative estimate of drug-likeness (QED) is 0.528. The Bertz CT molecular complexity index is 98.5. The average molecular weight is 368 g/mol. The van der Waals surface area contributed by atoms with Crippen LogP contribution in [0.4, 0.5) is 0 Å². The monoisotopic (exact) mass is 365 g/mol. The predicted molar refractivity (Wildman–Crippen MR) is 64.7 cm³/mol. The fourth-order valence-corrected chi connectivity index (χ4v) is 5.05. The van der Waals surface area contributed by atoms with Gasteiger partial charge in [-0.25, -0.2) is 0 Å². The van der Waals surface area contributed by atoms with Gasteiger partial charge >= 0.3 is 4.09 Å². The summed E-state index contributed by atoms with van der Waals surface area (Å²) in [6, 6.07) is 0. The Kier molecular flexibility index (Phi) is 7.03. The highest BCUT2D eigenvalue weighted by Gasteiger charge is 2.30. The van der Waals surface area contributed by atoms with Gasteiger partial charge in [-0.05, 0) is 25.9 Å². The van der Waals surface area contributed by atoms with Gasteiger partial charge in [-0.1, -0.05) is 59.7 Å². The van der Waals surface area contributed by atoms with Crippen LogP contribution in [-0.4, -0.2) is 21.7 Å². The van der Waals surface area contributed by atoms with E-state index in [1.165, 1.54) is 12.8 Å². The minimum absolute atomic E-state index is 1.15. The third kappa shape index (κ3) is 5.79. The van der Waals surface area contributed by atoms with Crippen molar-refractivity contribution in [3.8, 4) is 0 Å². The first-order valence-electron chi connectivity index (χ1n) is 3.84. The van der Waals surface area contributed by atoms with Gasteiger partial charge in [0, 0.05) is 0 Å². The van der Waals surface area contributed by atoms with Crippen molar-refractivity contribution in [3.05, 3.63) is 0 Å². The second-order valence-electron chi connectivity index (χ2n) is 2.45. The van der Waals surface area contributed by atoms with Crippen molar-refractivity contribution in [3.63, 3.8) is 0 Å². The van der Waals surface area contributed by atoms with Crippen molar-refractivity contribution < 1.29 is 0 Å². The first-order valence-corrected chi connectivity index (χ1v) is 12.6. The molecule has 0 amide bonds. The molecule has 0 saturated heterocycles. The fourth-order valence-electron chi connectivity index (χ4n) is 0.905. The topological polar surface area (TPSA) is 3.24 Å². The maximum atomic E-state index is 3.65. The Labute approximate surface area is 93.7 Å². The molecule has 0 aliphatic heterocycles. The van der Waals surface area contributed by atoms with Crippen molar-refractivity contribution in [2.45, 2.75) is 26.7 Å². The fraction of sp³-hybridized carbons (Fsp3) is 1.00. The summed E-state index contributed by atoms with van der Waals surface area (Å²) in [6.45, 7) is 6.72.